The van der Waals surface area contributed by atoms with Gasteiger partial charge >= 0.3 is 0 Å². The zero-order valence-corrected chi connectivity index (χ0v) is 14.9. The van der Waals surface area contributed by atoms with Gasteiger partial charge in [-0.2, -0.15) is 5.26 Å². The molecule has 0 aliphatic rings. The third-order valence-corrected chi connectivity index (χ3v) is 4.62. The lowest BCUT2D eigenvalue weighted by molar-refractivity contribution is 0.624. The maximum Gasteiger partial charge on any atom is 0.123 e. The first kappa shape index (κ1) is 17.7. The summed E-state index contributed by atoms with van der Waals surface area (Å²) in [6.07, 6.45) is 3.75. The van der Waals surface area contributed by atoms with Crippen molar-refractivity contribution in [2.75, 3.05) is 0 Å². The smallest absolute Gasteiger partial charge is 0.123 e. The lowest BCUT2D eigenvalue weighted by Gasteiger charge is -2.06. The van der Waals surface area contributed by atoms with Crippen LogP contribution in [-0.2, 0) is 6.54 Å². The van der Waals surface area contributed by atoms with Crippen molar-refractivity contribution in [3.8, 4) is 6.07 Å². The highest BCUT2D eigenvalue weighted by Crippen LogP contribution is 2.23. The largest absolute Gasteiger partial charge is 0.343 e. The van der Waals surface area contributed by atoms with E-state index in [0.29, 0.717) is 17.7 Å². The molecule has 0 amide bonds. The van der Waals surface area contributed by atoms with Gasteiger partial charge < -0.3 is 4.57 Å². The topological polar surface area (TPSA) is 28.7 Å². The van der Waals surface area contributed by atoms with Crippen LogP contribution in [0.2, 0.25) is 0 Å². The first-order valence-corrected chi connectivity index (χ1v) is 8.83. The predicted molar refractivity (Wildman–Crippen MR) is 107 cm³/mol. The number of hydrogen-bond donors (Lipinski definition) is 0. The Morgan fingerprint density at radius 1 is 0.929 bits per heavy atom. The van der Waals surface area contributed by atoms with Crippen LogP contribution < -0.4 is 0 Å². The van der Waals surface area contributed by atoms with Crippen LogP contribution in [0.15, 0.2) is 79.0 Å². The predicted octanol–water partition coefficient (Wildman–Crippen LogP) is 6.03. The second-order valence-electron chi connectivity index (χ2n) is 6.57. The number of allylic oxidation sites excluding steroid dienone is 1. The van der Waals surface area contributed by atoms with Gasteiger partial charge in [0.15, 0.2) is 0 Å². The summed E-state index contributed by atoms with van der Waals surface area (Å²) in [5.41, 5.74) is 3.95. The standard InChI is InChI=1S/C24H16F2N2/c25-22-7-5-19(6-8-22)21(15-27)13-17-4-9-24-20(12-17)10-11-28(24)16-18-2-1-3-23(26)14-18/h1-14H,16H2/b21-13+. The van der Waals surface area contributed by atoms with E-state index in [-0.39, 0.29) is 11.6 Å². The average molecular weight is 370 g/mol. The summed E-state index contributed by atoms with van der Waals surface area (Å²) < 4.78 is 28.6. The molecule has 0 N–H and O–H groups in total. The number of rotatable bonds is 4. The molecule has 4 heteroatoms. The minimum absolute atomic E-state index is 0.244. The van der Waals surface area contributed by atoms with Crippen molar-refractivity contribution in [2.24, 2.45) is 0 Å². The summed E-state index contributed by atoms with van der Waals surface area (Å²) in [5.74, 6) is -0.576. The molecular formula is C24H16F2N2. The Kier molecular flexibility index (Phi) is 4.74. The molecule has 0 spiro atoms. The van der Waals surface area contributed by atoms with Crippen molar-refractivity contribution in [1.29, 1.82) is 5.26 Å². The molecule has 0 unspecified atom stereocenters. The van der Waals surface area contributed by atoms with Crippen molar-refractivity contribution < 1.29 is 8.78 Å². The average Bonchev–Trinajstić information content (AvgIpc) is 3.09. The van der Waals surface area contributed by atoms with Crippen molar-refractivity contribution in [2.45, 2.75) is 6.54 Å². The molecule has 0 aliphatic heterocycles. The molecular weight excluding hydrogens is 354 g/mol. The van der Waals surface area contributed by atoms with Gasteiger partial charge in [0.1, 0.15) is 11.6 Å². The van der Waals surface area contributed by atoms with Gasteiger partial charge in [0.25, 0.3) is 0 Å². The fraction of sp³-hybridized carbons (Fsp3) is 0.0417. The molecule has 0 saturated heterocycles. The van der Waals surface area contributed by atoms with E-state index in [1.807, 2.05) is 36.5 Å². The number of fused-ring (bicyclic) bond motifs is 1. The Labute approximate surface area is 161 Å². The number of aromatic nitrogens is 1. The highest BCUT2D eigenvalue weighted by atomic mass is 19.1. The fourth-order valence-electron chi connectivity index (χ4n) is 3.25. The normalized spacial score (nSPS) is 11.5. The molecule has 3 aromatic carbocycles. The number of benzene rings is 3. The van der Waals surface area contributed by atoms with E-state index in [9.17, 15) is 14.0 Å². The van der Waals surface area contributed by atoms with E-state index >= 15 is 0 Å². The zero-order valence-electron chi connectivity index (χ0n) is 14.9. The van der Waals surface area contributed by atoms with Gasteiger partial charge in [-0.1, -0.05) is 30.3 Å². The number of nitrogens with zero attached hydrogens (tertiary/aromatic N) is 2. The van der Waals surface area contributed by atoms with E-state index in [4.69, 9.17) is 0 Å². The molecule has 4 aromatic rings. The van der Waals surface area contributed by atoms with Crippen LogP contribution in [0.3, 0.4) is 0 Å². The van der Waals surface area contributed by atoms with Crippen molar-refractivity contribution in [1.82, 2.24) is 4.57 Å². The second kappa shape index (κ2) is 7.50. The van der Waals surface area contributed by atoms with Gasteiger partial charge in [0.2, 0.25) is 0 Å². The highest BCUT2D eigenvalue weighted by Gasteiger charge is 2.06. The van der Waals surface area contributed by atoms with Crippen LogP contribution >= 0.6 is 0 Å². The molecule has 1 aromatic heterocycles. The molecule has 0 bridgehead atoms. The van der Waals surface area contributed by atoms with Gasteiger partial charge in [0.05, 0.1) is 11.6 Å². The van der Waals surface area contributed by atoms with Gasteiger partial charge in [0, 0.05) is 23.6 Å². The lowest BCUT2D eigenvalue weighted by atomic mass is 10.0. The van der Waals surface area contributed by atoms with Crippen molar-refractivity contribution in [3.05, 3.63) is 107 Å². The molecule has 4 rings (SSSR count). The molecule has 0 radical (unpaired) electrons. The molecule has 0 atom stereocenters. The minimum Gasteiger partial charge on any atom is -0.343 e. The lowest BCUT2D eigenvalue weighted by Crippen LogP contribution is -1.98. The summed E-state index contributed by atoms with van der Waals surface area (Å²) in [5, 5.41) is 10.5. The monoisotopic (exact) mass is 370 g/mol. The molecule has 28 heavy (non-hydrogen) atoms. The van der Waals surface area contributed by atoms with Crippen molar-refractivity contribution >= 4 is 22.6 Å². The van der Waals surface area contributed by atoms with Crippen LogP contribution in [0.1, 0.15) is 16.7 Å². The summed E-state index contributed by atoms with van der Waals surface area (Å²) in [4.78, 5) is 0. The van der Waals surface area contributed by atoms with E-state index in [1.54, 1.807) is 24.3 Å². The highest BCUT2D eigenvalue weighted by molar-refractivity contribution is 5.92. The second-order valence-corrected chi connectivity index (χ2v) is 6.57. The van der Waals surface area contributed by atoms with Crippen LogP contribution in [0.5, 0.6) is 0 Å². The van der Waals surface area contributed by atoms with Crippen LogP contribution in [0, 0.1) is 23.0 Å². The fourth-order valence-corrected chi connectivity index (χ4v) is 3.25. The SMILES string of the molecule is N#C/C(=C\c1ccc2c(ccn2Cc2cccc(F)c2)c1)c1ccc(F)cc1. The first-order valence-electron chi connectivity index (χ1n) is 8.83. The minimum atomic E-state index is -0.331. The van der Waals surface area contributed by atoms with E-state index in [0.717, 1.165) is 22.0 Å². The third-order valence-electron chi connectivity index (χ3n) is 4.62. The zero-order chi connectivity index (χ0) is 19.5. The summed E-state index contributed by atoms with van der Waals surface area (Å²) in [7, 11) is 0. The van der Waals surface area contributed by atoms with Gasteiger partial charge in [-0.25, -0.2) is 8.78 Å². The van der Waals surface area contributed by atoms with Crippen molar-refractivity contribution in [3.63, 3.8) is 0 Å². The Balaban J connectivity index is 1.65. The third kappa shape index (κ3) is 3.70. The summed E-state index contributed by atoms with van der Waals surface area (Å²) in [6.45, 7) is 0.579. The first-order chi connectivity index (χ1) is 13.6. The number of nitriles is 1. The Hall–Kier alpha value is -3.71. The molecule has 136 valence electrons. The maximum absolute atomic E-state index is 13.4. The Morgan fingerprint density at radius 2 is 1.75 bits per heavy atom. The van der Waals surface area contributed by atoms with Crippen LogP contribution in [-0.4, -0.2) is 4.57 Å². The number of hydrogen-bond acceptors (Lipinski definition) is 1. The molecule has 0 fully saturated rings. The Bertz CT molecular complexity index is 1210. The molecule has 0 aliphatic carbocycles. The summed E-state index contributed by atoms with van der Waals surface area (Å²) >= 11 is 0. The van der Waals surface area contributed by atoms with E-state index in [1.165, 1.54) is 24.3 Å². The van der Waals surface area contributed by atoms with Crippen LogP contribution in [0.4, 0.5) is 8.78 Å². The van der Waals surface area contributed by atoms with Gasteiger partial charge in [-0.15, -0.1) is 0 Å². The quantitative estimate of drug-likeness (QED) is 0.318. The molecule has 2 nitrogen and oxygen atoms in total. The van der Waals surface area contributed by atoms with E-state index < -0.39 is 0 Å². The molecule has 0 saturated carbocycles. The van der Waals surface area contributed by atoms with Crippen LogP contribution in [0.25, 0.3) is 22.6 Å². The number of halogens is 2. The maximum atomic E-state index is 13.4. The van der Waals surface area contributed by atoms with Gasteiger partial charge in [-0.05, 0) is 65.2 Å². The van der Waals surface area contributed by atoms with Gasteiger partial charge in [-0.3, -0.25) is 0 Å². The Morgan fingerprint density at radius 3 is 2.50 bits per heavy atom. The van der Waals surface area contributed by atoms with E-state index in [2.05, 4.69) is 10.6 Å². The summed E-state index contributed by atoms with van der Waals surface area (Å²) in [6, 6.07) is 22.5. The molecule has 1 heterocycles.